The van der Waals surface area contributed by atoms with E-state index < -0.39 is 112 Å². The average molecular weight is 818 g/mol. The molecule has 1 heterocycles. The average Bonchev–Trinajstić information content (AvgIpc) is 3.84. The molecule has 59 heavy (non-hydrogen) atoms. The molecule has 15 nitrogen and oxygen atoms in total. The number of carbonyl (C=O) groups excluding carboxylic acids is 6. The lowest BCUT2D eigenvalue weighted by atomic mass is 9.44. The fraction of sp³-hybridized carbons (Fsp3) is 0.545. The van der Waals surface area contributed by atoms with Crippen molar-refractivity contribution in [3.8, 4) is 0 Å². The van der Waals surface area contributed by atoms with Crippen molar-refractivity contribution in [1.29, 1.82) is 0 Å². The predicted molar refractivity (Wildman–Crippen MR) is 205 cm³/mol. The lowest BCUT2D eigenvalue weighted by Gasteiger charge is -2.67. The van der Waals surface area contributed by atoms with Crippen LogP contribution in [0.5, 0.6) is 0 Å². The number of benzene rings is 2. The summed E-state index contributed by atoms with van der Waals surface area (Å²) in [4.78, 5) is 82.8. The van der Waals surface area contributed by atoms with E-state index in [2.05, 4.69) is 5.32 Å². The summed E-state index contributed by atoms with van der Waals surface area (Å²) in [6.45, 7) is 9.79. The van der Waals surface area contributed by atoms with E-state index in [9.17, 15) is 39.3 Å². The summed E-state index contributed by atoms with van der Waals surface area (Å²) in [6.07, 6.45) is -9.94. The van der Waals surface area contributed by atoms with Crippen LogP contribution in [0.4, 0.5) is 0 Å². The van der Waals surface area contributed by atoms with Crippen LogP contribution < -0.4 is 5.32 Å². The van der Waals surface area contributed by atoms with E-state index in [1.54, 1.807) is 69.3 Å². The number of carbonyl (C=O) groups is 6. The molecule has 5 aliphatic rings. The molecular weight excluding hydrogens is 766 g/mol. The Morgan fingerprint density at radius 2 is 1.47 bits per heavy atom. The molecule has 1 unspecified atom stereocenters. The highest BCUT2D eigenvalue weighted by Crippen LogP contribution is 2.64. The molecule has 316 valence electrons. The maximum absolute atomic E-state index is 15.4. The summed E-state index contributed by atoms with van der Waals surface area (Å²) < 4.78 is 30.2. The summed E-state index contributed by atoms with van der Waals surface area (Å²) >= 11 is 0. The zero-order valence-corrected chi connectivity index (χ0v) is 34.1. The van der Waals surface area contributed by atoms with Gasteiger partial charge in [-0.1, -0.05) is 57.2 Å². The van der Waals surface area contributed by atoms with Crippen LogP contribution in [0.15, 0.2) is 71.8 Å². The number of fused-ring (bicyclic) bond motifs is 5. The molecule has 0 radical (unpaired) electrons. The van der Waals surface area contributed by atoms with Crippen molar-refractivity contribution in [3.05, 3.63) is 82.9 Å². The second-order valence-corrected chi connectivity index (χ2v) is 17.5. The Bertz CT molecular complexity index is 2100. The third-order valence-electron chi connectivity index (χ3n) is 13.9. The molecule has 3 saturated carbocycles. The molecule has 1 aliphatic heterocycles. The maximum Gasteiger partial charge on any atom is 0.338 e. The molecule has 2 bridgehead atoms. The molecular formula is C44H51NO14. The number of aliphatic hydroxyl groups is 3. The van der Waals surface area contributed by atoms with Crippen LogP contribution >= 0.6 is 0 Å². The molecule has 2 aromatic rings. The number of esters is 4. The van der Waals surface area contributed by atoms with E-state index >= 15 is 4.79 Å². The van der Waals surface area contributed by atoms with E-state index in [1.165, 1.54) is 26.0 Å². The highest BCUT2D eigenvalue weighted by atomic mass is 16.6. The standard InChI is InChI=1S/C44H51NO14/c1-22-19-42(22,45-37(51)26-14-10-8-11-15-26)35(50)39(53)57-28-20-44(54)36(58-38(52)27-16-12-9-13-17-27)33-41(7,29(48)18-30-43(33,21-55-30)59-25(4)47)34(49)32(56-24(3)46)31(23(28)2)40(44,5)6/h8-17,22,28-30,32-33,35-36,48,50,54H,18-21H2,1-7H3,(H,45,51)/t22-,28+,29+,30-,32-,33?,35+,36+,41-,42+,43+,44-/m1/s1. The monoisotopic (exact) mass is 817 g/mol. The van der Waals surface area contributed by atoms with Crippen LogP contribution in [0.3, 0.4) is 0 Å². The van der Waals surface area contributed by atoms with Crippen molar-refractivity contribution in [2.24, 2.45) is 22.7 Å². The van der Waals surface area contributed by atoms with Gasteiger partial charge in [0, 0.05) is 37.7 Å². The molecule has 0 spiro atoms. The van der Waals surface area contributed by atoms with Gasteiger partial charge in [-0.25, -0.2) is 9.59 Å². The van der Waals surface area contributed by atoms with Gasteiger partial charge in [0.2, 0.25) is 0 Å². The van der Waals surface area contributed by atoms with Crippen LogP contribution in [0, 0.1) is 22.7 Å². The minimum atomic E-state index is -2.36. The first-order valence-electron chi connectivity index (χ1n) is 19.8. The van der Waals surface area contributed by atoms with Crippen molar-refractivity contribution in [2.45, 2.75) is 121 Å². The fourth-order valence-corrected chi connectivity index (χ4v) is 10.4. The second kappa shape index (κ2) is 14.6. The van der Waals surface area contributed by atoms with E-state index in [-0.39, 0.29) is 42.1 Å². The normalized spacial score (nSPS) is 37.1. The van der Waals surface area contributed by atoms with Gasteiger partial charge in [-0.05, 0) is 61.6 Å². The number of aliphatic hydroxyl groups excluding tert-OH is 2. The summed E-state index contributed by atoms with van der Waals surface area (Å²) in [5, 5.41) is 40.0. The van der Waals surface area contributed by atoms with Gasteiger partial charge in [-0.2, -0.15) is 0 Å². The summed E-state index contributed by atoms with van der Waals surface area (Å²) in [7, 11) is 0. The highest BCUT2D eigenvalue weighted by Gasteiger charge is 2.78. The quantitative estimate of drug-likeness (QED) is 0.163. The zero-order valence-electron chi connectivity index (χ0n) is 34.1. The molecule has 1 amide bonds. The summed E-state index contributed by atoms with van der Waals surface area (Å²) in [5.41, 5.74) is -8.55. The number of ether oxygens (including phenoxy) is 5. The third kappa shape index (κ3) is 6.48. The fourth-order valence-electron chi connectivity index (χ4n) is 10.4. The molecule has 4 N–H and O–H groups in total. The lowest BCUT2D eigenvalue weighted by Crippen LogP contribution is -2.82. The van der Waals surface area contributed by atoms with Crippen LogP contribution in [-0.4, -0.2) is 111 Å². The van der Waals surface area contributed by atoms with E-state index in [4.69, 9.17) is 23.7 Å². The Balaban J connectivity index is 1.38. The maximum atomic E-state index is 15.4. The minimum Gasteiger partial charge on any atom is -0.456 e. The lowest BCUT2D eigenvalue weighted by molar-refractivity contribution is -0.346. The molecule has 2 aromatic carbocycles. The Morgan fingerprint density at radius 3 is 2.00 bits per heavy atom. The molecule has 15 heteroatoms. The minimum absolute atomic E-state index is 0.0202. The smallest absolute Gasteiger partial charge is 0.338 e. The number of hydrogen-bond acceptors (Lipinski definition) is 14. The van der Waals surface area contributed by atoms with Crippen LogP contribution in [0.2, 0.25) is 0 Å². The van der Waals surface area contributed by atoms with Gasteiger partial charge in [0.1, 0.15) is 23.9 Å². The number of Topliss-reactive ketones (excluding diaryl/α,β-unsaturated/α-hetero) is 1. The third-order valence-corrected chi connectivity index (χ3v) is 13.9. The van der Waals surface area contributed by atoms with Gasteiger partial charge in [-0.3, -0.25) is 19.2 Å². The van der Waals surface area contributed by atoms with Crippen molar-refractivity contribution in [3.63, 3.8) is 0 Å². The number of nitrogens with one attached hydrogen (secondary N) is 1. The number of rotatable bonds is 9. The molecule has 4 aliphatic carbocycles. The molecule has 12 atom stereocenters. The van der Waals surface area contributed by atoms with Crippen LogP contribution in [0.1, 0.15) is 88.4 Å². The van der Waals surface area contributed by atoms with Crippen molar-refractivity contribution < 1.29 is 67.8 Å². The first-order chi connectivity index (χ1) is 27.7. The van der Waals surface area contributed by atoms with Crippen molar-refractivity contribution in [2.75, 3.05) is 6.61 Å². The van der Waals surface area contributed by atoms with Gasteiger partial charge in [0.25, 0.3) is 5.91 Å². The number of ketones is 1. The van der Waals surface area contributed by atoms with Crippen LogP contribution in [0.25, 0.3) is 0 Å². The molecule has 4 fully saturated rings. The van der Waals surface area contributed by atoms with Gasteiger partial charge in [0.05, 0.1) is 35.1 Å². The molecule has 7 rings (SSSR count). The van der Waals surface area contributed by atoms with E-state index in [0.29, 0.717) is 5.56 Å². The number of hydrogen-bond donors (Lipinski definition) is 4. The molecule has 1 saturated heterocycles. The van der Waals surface area contributed by atoms with E-state index in [0.717, 1.165) is 13.8 Å². The number of amides is 1. The zero-order chi connectivity index (χ0) is 43.0. The van der Waals surface area contributed by atoms with Crippen molar-refractivity contribution in [1.82, 2.24) is 5.32 Å². The van der Waals surface area contributed by atoms with Gasteiger partial charge in [0.15, 0.2) is 23.6 Å². The SMILES string of the molecule is CC(=O)O[C@H]1C(=O)[C@@]2(C)C([C@H](OC(=O)c3ccccc3)[C@]3(O)C[C@H](OC(=O)[C@H](O)[C@]4(NC(=O)c5ccccc5)C[C@H]4C)C(C)=C1C3(C)C)[C@]1(OC(C)=O)CO[C@@H]1C[C@@H]2O. The van der Waals surface area contributed by atoms with E-state index in [1.807, 2.05) is 0 Å². The van der Waals surface area contributed by atoms with Gasteiger partial charge >= 0.3 is 23.9 Å². The second-order valence-electron chi connectivity index (χ2n) is 17.5. The van der Waals surface area contributed by atoms with Gasteiger partial charge in [-0.15, -0.1) is 0 Å². The summed E-state index contributed by atoms with van der Waals surface area (Å²) in [5.74, 6) is -6.95. The van der Waals surface area contributed by atoms with Crippen molar-refractivity contribution >= 4 is 35.6 Å². The predicted octanol–water partition coefficient (Wildman–Crippen LogP) is 2.77. The Hall–Kier alpha value is -4.96. The Labute approximate surface area is 341 Å². The highest BCUT2D eigenvalue weighted by molar-refractivity contribution is 5.97. The summed E-state index contributed by atoms with van der Waals surface area (Å²) in [6, 6.07) is 16.1. The first-order valence-corrected chi connectivity index (χ1v) is 19.8. The Kier molecular flexibility index (Phi) is 10.5. The first kappa shape index (κ1) is 42.2. The topological polar surface area (TPSA) is 221 Å². The molecule has 0 aromatic heterocycles. The largest absolute Gasteiger partial charge is 0.456 e. The van der Waals surface area contributed by atoms with Crippen LogP contribution in [-0.2, 0) is 42.9 Å². The Morgan fingerprint density at radius 1 is 0.881 bits per heavy atom. The van der Waals surface area contributed by atoms with Gasteiger partial charge < -0.3 is 44.3 Å².